The third-order valence-electron chi connectivity index (χ3n) is 3.03. The first-order valence-corrected chi connectivity index (χ1v) is 6.55. The smallest absolute Gasteiger partial charge is 0.0950 e. The van der Waals surface area contributed by atoms with Gasteiger partial charge < -0.3 is 9.73 Å². The minimum Gasteiger partial charge on any atom is -0.472 e. The summed E-state index contributed by atoms with van der Waals surface area (Å²) in [7, 11) is 0. The molecule has 2 unspecified atom stereocenters. The molecule has 0 bridgehead atoms. The zero-order valence-electron chi connectivity index (χ0n) is 10.7. The quantitative estimate of drug-likeness (QED) is 0.874. The summed E-state index contributed by atoms with van der Waals surface area (Å²) in [5.41, 5.74) is 2.47. The number of hydrogen-bond acceptors (Lipinski definition) is 2. The van der Waals surface area contributed by atoms with Gasteiger partial charge in [0, 0.05) is 22.7 Å². The summed E-state index contributed by atoms with van der Waals surface area (Å²) in [5.74, 6) is 0. The highest BCUT2D eigenvalue weighted by molar-refractivity contribution is 6.30. The van der Waals surface area contributed by atoms with Crippen LogP contribution in [0.25, 0.3) is 0 Å². The van der Waals surface area contributed by atoms with E-state index in [9.17, 15) is 0 Å². The van der Waals surface area contributed by atoms with Crippen molar-refractivity contribution in [1.29, 1.82) is 0 Å². The third-order valence-corrected chi connectivity index (χ3v) is 3.28. The maximum absolute atomic E-state index is 5.87. The molecule has 18 heavy (non-hydrogen) atoms. The van der Waals surface area contributed by atoms with Crippen LogP contribution in [0.3, 0.4) is 0 Å². The van der Waals surface area contributed by atoms with E-state index in [4.69, 9.17) is 16.0 Å². The molecule has 1 aromatic heterocycles. The molecule has 2 nitrogen and oxygen atoms in total. The van der Waals surface area contributed by atoms with Crippen molar-refractivity contribution in [2.45, 2.75) is 32.4 Å². The monoisotopic (exact) mass is 263 g/mol. The molecule has 1 heterocycles. The van der Waals surface area contributed by atoms with Gasteiger partial charge in [0.2, 0.25) is 0 Å². The molecule has 0 fully saturated rings. The fourth-order valence-electron chi connectivity index (χ4n) is 2.08. The molecule has 3 heteroatoms. The van der Waals surface area contributed by atoms with Gasteiger partial charge in [-0.3, -0.25) is 0 Å². The predicted octanol–water partition coefficient (Wildman–Crippen LogP) is 4.21. The molecule has 2 rings (SSSR count). The van der Waals surface area contributed by atoms with Crippen molar-refractivity contribution >= 4 is 11.6 Å². The Morgan fingerprint density at radius 2 is 1.89 bits per heavy atom. The van der Waals surface area contributed by atoms with Gasteiger partial charge in [0.05, 0.1) is 12.5 Å². The molecule has 0 amide bonds. The lowest BCUT2D eigenvalue weighted by Gasteiger charge is -2.19. The average molecular weight is 264 g/mol. The first-order chi connectivity index (χ1) is 8.65. The molecule has 0 aliphatic rings. The van der Waals surface area contributed by atoms with Crippen molar-refractivity contribution in [3.05, 3.63) is 59.0 Å². The number of benzene rings is 1. The van der Waals surface area contributed by atoms with Crippen molar-refractivity contribution in [2.24, 2.45) is 0 Å². The van der Waals surface area contributed by atoms with Crippen LogP contribution >= 0.6 is 11.6 Å². The maximum Gasteiger partial charge on any atom is 0.0950 e. The topological polar surface area (TPSA) is 25.2 Å². The second kappa shape index (κ2) is 6.07. The van der Waals surface area contributed by atoms with E-state index in [1.54, 1.807) is 12.5 Å². The molecule has 1 N–H and O–H groups in total. The van der Waals surface area contributed by atoms with Crippen LogP contribution in [0.15, 0.2) is 47.3 Å². The molecule has 2 atom stereocenters. The molecule has 0 saturated heterocycles. The lowest BCUT2D eigenvalue weighted by Crippen LogP contribution is -2.30. The summed E-state index contributed by atoms with van der Waals surface area (Å²) >= 11 is 5.87. The summed E-state index contributed by atoms with van der Waals surface area (Å²) in [4.78, 5) is 0. The largest absolute Gasteiger partial charge is 0.472 e. The van der Waals surface area contributed by atoms with E-state index in [0.29, 0.717) is 12.1 Å². The van der Waals surface area contributed by atoms with Gasteiger partial charge in [0.15, 0.2) is 0 Å². The Morgan fingerprint density at radius 1 is 1.17 bits per heavy atom. The van der Waals surface area contributed by atoms with Crippen molar-refractivity contribution in [3.8, 4) is 0 Å². The molecular formula is C15H18ClNO. The van der Waals surface area contributed by atoms with Crippen LogP contribution in [0.5, 0.6) is 0 Å². The predicted molar refractivity (Wildman–Crippen MR) is 74.9 cm³/mol. The Kier molecular flexibility index (Phi) is 4.45. The first kappa shape index (κ1) is 13.2. The summed E-state index contributed by atoms with van der Waals surface area (Å²) in [6, 6.07) is 10.7. The van der Waals surface area contributed by atoms with Crippen LogP contribution in [0, 0.1) is 0 Å². The molecule has 2 aromatic rings. The fraction of sp³-hybridized carbons (Fsp3) is 0.333. The van der Waals surface area contributed by atoms with E-state index in [-0.39, 0.29) is 0 Å². The summed E-state index contributed by atoms with van der Waals surface area (Å²) in [6.45, 7) is 4.33. The molecule has 0 spiro atoms. The Labute approximate surface area is 113 Å². The maximum atomic E-state index is 5.87. The molecule has 1 aromatic carbocycles. The Balaban J connectivity index is 1.88. The lowest BCUT2D eigenvalue weighted by molar-refractivity contribution is 0.471. The van der Waals surface area contributed by atoms with Gasteiger partial charge in [-0.05, 0) is 44.0 Å². The zero-order chi connectivity index (χ0) is 13.0. The Bertz CT molecular complexity index is 464. The van der Waals surface area contributed by atoms with E-state index < -0.39 is 0 Å². The van der Waals surface area contributed by atoms with Crippen LogP contribution in [0.2, 0.25) is 5.02 Å². The van der Waals surface area contributed by atoms with Crippen LogP contribution in [0.1, 0.15) is 31.0 Å². The zero-order valence-corrected chi connectivity index (χ0v) is 11.4. The molecule has 0 aliphatic heterocycles. The van der Waals surface area contributed by atoms with Crippen molar-refractivity contribution < 1.29 is 4.42 Å². The third kappa shape index (κ3) is 3.62. The van der Waals surface area contributed by atoms with Gasteiger partial charge in [-0.25, -0.2) is 0 Å². The SMILES string of the molecule is CC(Cc1ccc(Cl)cc1)NC(C)c1ccoc1. The van der Waals surface area contributed by atoms with E-state index >= 15 is 0 Å². The standard InChI is InChI=1S/C15H18ClNO/c1-11(9-13-3-5-15(16)6-4-13)17-12(2)14-7-8-18-10-14/h3-8,10-12,17H,9H2,1-2H3. The molecule has 96 valence electrons. The first-order valence-electron chi connectivity index (χ1n) is 6.17. The van der Waals surface area contributed by atoms with E-state index in [1.165, 1.54) is 11.1 Å². The van der Waals surface area contributed by atoms with Gasteiger partial charge in [0.1, 0.15) is 0 Å². The van der Waals surface area contributed by atoms with Gasteiger partial charge >= 0.3 is 0 Å². The van der Waals surface area contributed by atoms with Gasteiger partial charge in [-0.15, -0.1) is 0 Å². The molecular weight excluding hydrogens is 246 g/mol. The number of hydrogen-bond donors (Lipinski definition) is 1. The highest BCUT2D eigenvalue weighted by Gasteiger charge is 2.10. The Morgan fingerprint density at radius 3 is 2.50 bits per heavy atom. The molecule has 0 radical (unpaired) electrons. The second-order valence-corrected chi connectivity index (χ2v) is 5.11. The van der Waals surface area contributed by atoms with Crippen LogP contribution in [-0.2, 0) is 6.42 Å². The summed E-state index contributed by atoms with van der Waals surface area (Å²) < 4.78 is 5.09. The second-order valence-electron chi connectivity index (χ2n) is 4.68. The fourth-order valence-corrected chi connectivity index (χ4v) is 2.20. The number of halogens is 1. The van der Waals surface area contributed by atoms with Crippen LogP contribution in [0.4, 0.5) is 0 Å². The molecule has 0 aliphatic carbocycles. The average Bonchev–Trinajstić information content (AvgIpc) is 2.85. The van der Waals surface area contributed by atoms with Gasteiger partial charge in [-0.1, -0.05) is 23.7 Å². The normalized spacial score (nSPS) is 14.4. The number of rotatable bonds is 5. The van der Waals surface area contributed by atoms with Crippen LogP contribution < -0.4 is 5.32 Å². The van der Waals surface area contributed by atoms with Crippen LogP contribution in [-0.4, -0.2) is 6.04 Å². The highest BCUT2D eigenvalue weighted by atomic mass is 35.5. The minimum atomic E-state index is 0.297. The minimum absolute atomic E-state index is 0.297. The summed E-state index contributed by atoms with van der Waals surface area (Å²) in [5, 5.41) is 4.34. The summed E-state index contributed by atoms with van der Waals surface area (Å²) in [6.07, 6.45) is 4.48. The van der Waals surface area contributed by atoms with Gasteiger partial charge in [0.25, 0.3) is 0 Å². The highest BCUT2D eigenvalue weighted by Crippen LogP contribution is 2.15. The van der Waals surface area contributed by atoms with Crippen molar-refractivity contribution in [1.82, 2.24) is 5.32 Å². The molecule has 0 saturated carbocycles. The Hall–Kier alpha value is -1.25. The van der Waals surface area contributed by atoms with E-state index in [1.807, 2.05) is 18.2 Å². The van der Waals surface area contributed by atoms with Crippen molar-refractivity contribution in [3.63, 3.8) is 0 Å². The number of furan rings is 1. The van der Waals surface area contributed by atoms with E-state index in [2.05, 4.69) is 31.3 Å². The van der Waals surface area contributed by atoms with E-state index in [0.717, 1.165) is 11.4 Å². The van der Waals surface area contributed by atoms with Gasteiger partial charge in [-0.2, -0.15) is 0 Å². The lowest BCUT2D eigenvalue weighted by atomic mass is 10.1. The van der Waals surface area contributed by atoms with Crippen molar-refractivity contribution in [2.75, 3.05) is 0 Å². The number of nitrogens with one attached hydrogen (secondary N) is 1.